The maximum Gasteiger partial charge on any atom is 0.335 e. The predicted molar refractivity (Wildman–Crippen MR) is 77.8 cm³/mol. The van der Waals surface area contributed by atoms with Gasteiger partial charge in [-0.15, -0.1) is 0 Å². The average Bonchev–Trinajstić information content (AvgIpc) is 2.41. The molecule has 0 saturated carbocycles. The molecule has 108 valence electrons. The molecule has 21 heavy (non-hydrogen) atoms. The third-order valence-electron chi connectivity index (χ3n) is 3.08. The summed E-state index contributed by atoms with van der Waals surface area (Å²) < 4.78 is 1.36. The number of aromatic carboxylic acids is 1. The zero-order chi connectivity index (χ0) is 15.6. The molecule has 2 aromatic rings. The molecule has 2 rings (SSSR count). The van der Waals surface area contributed by atoms with E-state index in [4.69, 9.17) is 5.11 Å². The second-order valence-corrected chi connectivity index (χ2v) is 4.65. The van der Waals surface area contributed by atoms with Gasteiger partial charge < -0.3 is 15.0 Å². The van der Waals surface area contributed by atoms with Crippen molar-refractivity contribution in [3.05, 3.63) is 63.6 Å². The standard InChI is InChI=1S/C15H14N2O4/c1-9-7-11(3-4-12(9)15(20)21)16-14(19)10-5-6-17(2)13(18)8-10/h3-8H,1-2H3,(H,16,19)(H,20,21). The van der Waals surface area contributed by atoms with Gasteiger partial charge in [0.05, 0.1) is 5.56 Å². The number of carbonyl (C=O) groups is 2. The lowest BCUT2D eigenvalue weighted by molar-refractivity contribution is 0.0696. The largest absolute Gasteiger partial charge is 0.478 e. The number of carboxylic acid groups (broad SMARTS) is 1. The monoisotopic (exact) mass is 286 g/mol. The molecule has 0 aliphatic rings. The SMILES string of the molecule is Cc1cc(NC(=O)c2ccn(C)c(=O)c2)ccc1C(=O)O. The van der Waals surface area contributed by atoms with Crippen LogP contribution in [0, 0.1) is 6.92 Å². The Morgan fingerprint density at radius 1 is 1.19 bits per heavy atom. The normalized spacial score (nSPS) is 10.2. The molecule has 0 aliphatic carbocycles. The van der Waals surface area contributed by atoms with Gasteiger partial charge in [-0.2, -0.15) is 0 Å². The van der Waals surface area contributed by atoms with Gasteiger partial charge in [0.2, 0.25) is 0 Å². The van der Waals surface area contributed by atoms with Crippen molar-refractivity contribution in [2.75, 3.05) is 5.32 Å². The molecule has 0 atom stereocenters. The van der Waals surface area contributed by atoms with Crippen LogP contribution in [0.25, 0.3) is 0 Å². The first-order valence-electron chi connectivity index (χ1n) is 6.20. The number of hydrogen-bond donors (Lipinski definition) is 2. The Morgan fingerprint density at radius 3 is 2.48 bits per heavy atom. The Balaban J connectivity index is 2.23. The van der Waals surface area contributed by atoms with E-state index in [1.807, 2.05) is 0 Å². The van der Waals surface area contributed by atoms with Crippen LogP contribution in [-0.2, 0) is 7.05 Å². The van der Waals surface area contributed by atoms with Crippen LogP contribution < -0.4 is 10.9 Å². The van der Waals surface area contributed by atoms with Gasteiger partial charge in [-0.05, 0) is 36.8 Å². The summed E-state index contributed by atoms with van der Waals surface area (Å²) in [6, 6.07) is 7.29. The number of carboxylic acids is 1. The van der Waals surface area contributed by atoms with Crippen molar-refractivity contribution in [1.82, 2.24) is 4.57 Å². The number of hydrogen-bond acceptors (Lipinski definition) is 3. The van der Waals surface area contributed by atoms with Crippen molar-refractivity contribution >= 4 is 17.6 Å². The highest BCUT2D eigenvalue weighted by Gasteiger charge is 2.10. The topological polar surface area (TPSA) is 88.4 Å². The van der Waals surface area contributed by atoms with Crippen molar-refractivity contribution in [2.24, 2.45) is 7.05 Å². The third-order valence-corrected chi connectivity index (χ3v) is 3.08. The molecule has 0 unspecified atom stereocenters. The summed E-state index contributed by atoms with van der Waals surface area (Å²) in [5, 5.41) is 11.6. The van der Waals surface area contributed by atoms with Gasteiger partial charge in [-0.3, -0.25) is 9.59 Å². The minimum Gasteiger partial charge on any atom is -0.478 e. The Morgan fingerprint density at radius 2 is 1.90 bits per heavy atom. The summed E-state index contributed by atoms with van der Waals surface area (Å²) in [7, 11) is 1.60. The summed E-state index contributed by atoms with van der Waals surface area (Å²) in [6.07, 6.45) is 1.51. The van der Waals surface area contributed by atoms with Crippen molar-refractivity contribution in [1.29, 1.82) is 0 Å². The molecule has 0 bridgehead atoms. The minimum absolute atomic E-state index is 0.182. The van der Waals surface area contributed by atoms with Crippen LogP contribution in [0.3, 0.4) is 0 Å². The molecule has 2 N–H and O–H groups in total. The van der Waals surface area contributed by atoms with Crippen LogP contribution in [0.15, 0.2) is 41.3 Å². The van der Waals surface area contributed by atoms with Crippen molar-refractivity contribution in [2.45, 2.75) is 6.92 Å². The third kappa shape index (κ3) is 3.17. The number of carbonyl (C=O) groups excluding carboxylic acids is 1. The molecule has 6 heteroatoms. The van der Waals surface area contributed by atoms with Gasteiger partial charge in [0.1, 0.15) is 0 Å². The summed E-state index contributed by atoms with van der Waals surface area (Å²) in [6.45, 7) is 1.65. The number of amides is 1. The van der Waals surface area contributed by atoms with E-state index in [0.717, 1.165) is 0 Å². The van der Waals surface area contributed by atoms with Gasteiger partial charge in [-0.1, -0.05) is 0 Å². The molecule has 0 aliphatic heterocycles. The summed E-state index contributed by atoms with van der Waals surface area (Å²) in [5.41, 5.74) is 1.17. The van der Waals surface area contributed by atoms with Crippen LogP contribution >= 0.6 is 0 Å². The van der Waals surface area contributed by atoms with Crippen LogP contribution in [0.2, 0.25) is 0 Å². The highest BCUT2D eigenvalue weighted by Crippen LogP contribution is 2.16. The van der Waals surface area contributed by atoms with Crippen LogP contribution in [0.4, 0.5) is 5.69 Å². The van der Waals surface area contributed by atoms with E-state index in [2.05, 4.69) is 5.32 Å². The molecule has 1 aromatic carbocycles. The molecule has 1 aromatic heterocycles. The highest BCUT2D eigenvalue weighted by atomic mass is 16.4. The van der Waals surface area contributed by atoms with Gasteiger partial charge in [0.15, 0.2) is 0 Å². The second-order valence-electron chi connectivity index (χ2n) is 4.65. The fraction of sp³-hybridized carbons (Fsp3) is 0.133. The Hall–Kier alpha value is -2.89. The number of rotatable bonds is 3. The van der Waals surface area contributed by atoms with E-state index in [0.29, 0.717) is 11.3 Å². The Kier molecular flexibility index (Phi) is 3.89. The van der Waals surface area contributed by atoms with Crippen LogP contribution in [0.5, 0.6) is 0 Å². The molecular weight excluding hydrogens is 272 g/mol. The van der Waals surface area contributed by atoms with Gasteiger partial charge in [0, 0.05) is 30.6 Å². The van der Waals surface area contributed by atoms with Gasteiger partial charge >= 0.3 is 5.97 Å². The van der Waals surface area contributed by atoms with E-state index in [9.17, 15) is 14.4 Å². The van der Waals surface area contributed by atoms with Crippen molar-refractivity contribution in [3.63, 3.8) is 0 Å². The number of aromatic nitrogens is 1. The van der Waals surface area contributed by atoms with Gasteiger partial charge in [-0.25, -0.2) is 4.79 Å². The molecule has 0 fully saturated rings. The van der Waals surface area contributed by atoms with E-state index in [1.165, 1.54) is 35.0 Å². The fourth-order valence-electron chi connectivity index (χ4n) is 1.87. The molecule has 0 radical (unpaired) electrons. The maximum absolute atomic E-state index is 12.0. The summed E-state index contributed by atoms with van der Waals surface area (Å²) >= 11 is 0. The lowest BCUT2D eigenvalue weighted by atomic mass is 10.1. The number of nitrogens with zero attached hydrogens (tertiary/aromatic N) is 1. The van der Waals surface area contributed by atoms with Gasteiger partial charge in [0.25, 0.3) is 11.5 Å². The van der Waals surface area contributed by atoms with E-state index >= 15 is 0 Å². The first kappa shape index (κ1) is 14.5. The fourth-order valence-corrected chi connectivity index (χ4v) is 1.87. The molecule has 1 amide bonds. The van der Waals surface area contributed by atoms with Crippen molar-refractivity contribution < 1.29 is 14.7 Å². The Labute approximate surface area is 120 Å². The van der Waals surface area contributed by atoms with E-state index in [-0.39, 0.29) is 16.7 Å². The lowest BCUT2D eigenvalue weighted by Gasteiger charge is -2.08. The number of benzene rings is 1. The number of anilines is 1. The summed E-state index contributed by atoms with van der Waals surface area (Å²) in [4.78, 5) is 34.4. The smallest absolute Gasteiger partial charge is 0.335 e. The lowest BCUT2D eigenvalue weighted by Crippen LogP contribution is -2.20. The van der Waals surface area contributed by atoms with Crippen molar-refractivity contribution in [3.8, 4) is 0 Å². The second kappa shape index (κ2) is 5.62. The van der Waals surface area contributed by atoms with E-state index in [1.54, 1.807) is 20.0 Å². The maximum atomic E-state index is 12.0. The predicted octanol–water partition coefficient (Wildman–Crippen LogP) is 1.64. The number of pyridine rings is 1. The zero-order valence-corrected chi connectivity index (χ0v) is 11.6. The highest BCUT2D eigenvalue weighted by molar-refractivity contribution is 6.04. The number of nitrogens with one attached hydrogen (secondary N) is 1. The van der Waals surface area contributed by atoms with Crippen LogP contribution in [-0.4, -0.2) is 21.6 Å². The molecule has 0 saturated heterocycles. The minimum atomic E-state index is -1.02. The van der Waals surface area contributed by atoms with E-state index < -0.39 is 11.9 Å². The molecular formula is C15H14N2O4. The quantitative estimate of drug-likeness (QED) is 0.897. The molecule has 1 heterocycles. The summed E-state index contributed by atoms with van der Waals surface area (Å²) in [5.74, 6) is -1.44. The average molecular weight is 286 g/mol. The van der Waals surface area contributed by atoms with Crippen LogP contribution in [0.1, 0.15) is 26.3 Å². The first-order chi connectivity index (χ1) is 9.88. The number of aryl methyl sites for hydroxylation is 2. The molecule has 0 spiro atoms. The molecule has 6 nitrogen and oxygen atoms in total. The zero-order valence-electron chi connectivity index (χ0n) is 11.6. The first-order valence-corrected chi connectivity index (χ1v) is 6.20. The Bertz CT molecular complexity index is 777.